The molecule has 41 heavy (non-hydrogen) atoms. The second kappa shape index (κ2) is 14.0. The van der Waals surface area contributed by atoms with E-state index >= 15 is 0 Å². The standard InChI is InChI=1S/C35H36FN5/c1-5-34(37)30(15-24(2)31-17-28(20-39-21-31)19-38-18-27-9-7-6-8-10-27)16-25(3)41-35-23-40-22-33(26(35)4)29-11-13-32(36)14-12-29/h5-15,17,20-23,38,41H,2-3,16,18-19,37H2,1,4H3/b30-15-,34-5+. The van der Waals surface area contributed by atoms with Crippen molar-refractivity contribution < 1.29 is 4.39 Å². The van der Waals surface area contributed by atoms with Crippen molar-refractivity contribution >= 4 is 11.3 Å². The second-order valence-corrected chi connectivity index (χ2v) is 9.88. The topological polar surface area (TPSA) is 75.9 Å². The van der Waals surface area contributed by atoms with Crippen molar-refractivity contribution in [2.45, 2.75) is 33.4 Å². The summed E-state index contributed by atoms with van der Waals surface area (Å²) in [6, 6.07) is 18.8. The maximum absolute atomic E-state index is 13.4. The number of aromatic nitrogens is 2. The van der Waals surface area contributed by atoms with Crippen LogP contribution in [-0.4, -0.2) is 9.97 Å². The van der Waals surface area contributed by atoms with Gasteiger partial charge in [-0.3, -0.25) is 9.97 Å². The third-order valence-corrected chi connectivity index (χ3v) is 6.78. The minimum absolute atomic E-state index is 0.272. The van der Waals surface area contributed by atoms with Crippen LogP contribution in [0.3, 0.4) is 0 Å². The van der Waals surface area contributed by atoms with Crippen molar-refractivity contribution in [3.8, 4) is 11.1 Å². The Labute approximate surface area is 242 Å². The van der Waals surface area contributed by atoms with Gasteiger partial charge >= 0.3 is 0 Å². The number of allylic oxidation sites excluding steroid dienone is 5. The quantitative estimate of drug-likeness (QED) is 0.159. The van der Waals surface area contributed by atoms with E-state index in [9.17, 15) is 4.39 Å². The SMILES string of the molecule is C=C(CC(=C/C(=C)c1cncc(CNCc2ccccc2)c1)/C(N)=C\C)Nc1cncc(-c2ccc(F)cc2)c1C. The van der Waals surface area contributed by atoms with Gasteiger partial charge in [-0.2, -0.15) is 0 Å². The highest BCUT2D eigenvalue weighted by molar-refractivity contribution is 5.75. The van der Waals surface area contributed by atoms with Gasteiger partial charge in [0.2, 0.25) is 0 Å². The molecular weight excluding hydrogens is 509 g/mol. The summed E-state index contributed by atoms with van der Waals surface area (Å²) in [6.45, 7) is 13.9. The Bertz CT molecular complexity index is 1570. The lowest BCUT2D eigenvalue weighted by molar-refractivity contribution is 0.628. The lowest BCUT2D eigenvalue weighted by Gasteiger charge is -2.17. The molecule has 4 aromatic rings. The molecule has 208 valence electrons. The Morgan fingerprint density at radius 3 is 2.37 bits per heavy atom. The monoisotopic (exact) mass is 545 g/mol. The van der Waals surface area contributed by atoms with Gasteiger partial charge in [-0.15, -0.1) is 0 Å². The highest BCUT2D eigenvalue weighted by atomic mass is 19.1. The van der Waals surface area contributed by atoms with Crippen LogP contribution >= 0.6 is 0 Å². The van der Waals surface area contributed by atoms with Crippen LogP contribution < -0.4 is 16.4 Å². The summed E-state index contributed by atoms with van der Waals surface area (Å²) < 4.78 is 13.4. The number of nitrogens with two attached hydrogens (primary N) is 1. The molecule has 0 aliphatic rings. The number of hydrogen-bond donors (Lipinski definition) is 3. The van der Waals surface area contributed by atoms with E-state index in [1.54, 1.807) is 24.5 Å². The fourth-order valence-corrected chi connectivity index (χ4v) is 4.46. The number of rotatable bonds is 12. The first-order valence-electron chi connectivity index (χ1n) is 13.5. The number of halogens is 1. The Balaban J connectivity index is 1.45. The molecule has 5 nitrogen and oxygen atoms in total. The van der Waals surface area contributed by atoms with Gasteiger partial charge in [-0.1, -0.05) is 61.7 Å². The van der Waals surface area contributed by atoms with E-state index in [0.717, 1.165) is 56.9 Å². The van der Waals surface area contributed by atoms with Gasteiger partial charge in [0.25, 0.3) is 0 Å². The van der Waals surface area contributed by atoms with E-state index in [4.69, 9.17) is 5.73 Å². The van der Waals surface area contributed by atoms with Crippen LogP contribution in [0, 0.1) is 12.7 Å². The van der Waals surface area contributed by atoms with Crippen LogP contribution in [0.2, 0.25) is 0 Å². The van der Waals surface area contributed by atoms with Gasteiger partial charge in [0.15, 0.2) is 0 Å². The number of nitrogens with zero attached hydrogens (tertiary/aromatic N) is 2. The zero-order valence-electron chi connectivity index (χ0n) is 23.6. The highest BCUT2D eigenvalue weighted by Crippen LogP contribution is 2.29. The van der Waals surface area contributed by atoms with Gasteiger partial charge in [0.05, 0.1) is 11.9 Å². The molecular formula is C35H36FN5. The van der Waals surface area contributed by atoms with Crippen molar-refractivity contribution in [1.29, 1.82) is 0 Å². The summed E-state index contributed by atoms with van der Waals surface area (Å²) in [5.41, 5.74) is 16.4. The molecule has 0 unspecified atom stereocenters. The van der Waals surface area contributed by atoms with E-state index in [-0.39, 0.29) is 5.82 Å². The molecule has 0 aliphatic carbocycles. The third-order valence-electron chi connectivity index (χ3n) is 6.78. The summed E-state index contributed by atoms with van der Waals surface area (Å²) in [7, 11) is 0. The van der Waals surface area contributed by atoms with E-state index in [1.807, 2.05) is 56.6 Å². The molecule has 0 fully saturated rings. The normalized spacial score (nSPS) is 11.8. The summed E-state index contributed by atoms with van der Waals surface area (Å²) in [6.07, 6.45) is 11.6. The zero-order chi connectivity index (χ0) is 29.2. The number of pyridine rings is 2. The summed E-state index contributed by atoms with van der Waals surface area (Å²) in [5, 5.41) is 6.86. The van der Waals surface area contributed by atoms with Crippen molar-refractivity contribution in [3.05, 3.63) is 156 Å². The van der Waals surface area contributed by atoms with Crippen LogP contribution in [0.25, 0.3) is 16.7 Å². The number of benzene rings is 2. The van der Waals surface area contributed by atoms with Crippen molar-refractivity contribution in [1.82, 2.24) is 15.3 Å². The fraction of sp³-hybridized carbons (Fsp3) is 0.143. The lowest BCUT2D eigenvalue weighted by Crippen LogP contribution is -2.12. The van der Waals surface area contributed by atoms with Crippen LogP contribution in [0.15, 0.2) is 128 Å². The number of hydrogen-bond acceptors (Lipinski definition) is 5. The smallest absolute Gasteiger partial charge is 0.123 e. The Hall–Kier alpha value is -4.81. The van der Waals surface area contributed by atoms with Crippen LogP contribution in [-0.2, 0) is 13.1 Å². The predicted molar refractivity (Wildman–Crippen MR) is 168 cm³/mol. The summed E-state index contributed by atoms with van der Waals surface area (Å²) in [4.78, 5) is 8.82. The molecule has 2 aromatic carbocycles. The number of anilines is 1. The minimum Gasteiger partial charge on any atom is -0.399 e. The first-order valence-corrected chi connectivity index (χ1v) is 13.5. The Morgan fingerprint density at radius 1 is 0.927 bits per heavy atom. The molecule has 0 bridgehead atoms. The maximum Gasteiger partial charge on any atom is 0.123 e. The average Bonchev–Trinajstić information content (AvgIpc) is 2.98. The molecule has 2 heterocycles. The first-order chi connectivity index (χ1) is 19.8. The molecule has 4 rings (SSSR count). The van der Waals surface area contributed by atoms with Gasteiger partial charge in [-0.25, -0.2) is 4.39 Å². The molecule has 0 amide bonds. The Kier molecular flexibility index (Phi) is 9.97. The van der Waals surface area contributed by atoms with Crippen molar-refractivity contribution in [2.75, 3.05) is 5.32 Å². The number of nitrogens with one attached hydrogen (secondary N) is 2. The zero-order valence-corrected chi connectivity index (χ0v) is 23.6. The minimum atomic E-state index is -0.272. The first kappa shape index (κ1) is 29.2. The molecule has 0 saturated heterocycles. The van der Waals surface area contributed by atoms with Gasteiger partial charge < -0.3 is 16.4 Å². The van der Waals surface area contributed by atoms with Gasteiger partial charge in [-0.05, 0) is 77.1 Å². The molecule has 0 spiro atoms. The molecule has 2 aromatic heterocycles. The van der Waals surface area contributed by atoms with E-state index < -0.39 is 0 Å². The van der Waals surface area contributed by atoms with E-state index in [1.165, 1.54) is 17.7 Å². The fourth-order valence-electron chi connectivity index (χ4n) is 4.46. The molecule has 6 heteroatoms. The van der Waals surface area contributed by atoms with E-state index in [2.05, 4.69) is 52.0 Å². The van der Waals surface area contributed by atoms with Crippen LogP contribution in [0.1, 0.15) is 35.6 Å². The summed E-state index contributed by atoms with van der Waals surface area (Å²) in [5.74, 6) is -0.272. The summed E-state index contributed by atoms with van der Waals surface area (Å²) >= 11 is 0. The highest BCUT2D eigenvalue weighted by Gasteiger charge is 2.11. The Morgan fingerprint density at radius 2 is 1.63 bits per heavy atom. The molecule has 0 radical (unpaired) electrons. The van der Waals surface area contributed by atoms with Crippen LogP contribution in [0.5, 0.6) is 0 Å². The van der Waals surface area contributed by atoms with Gasteiger partial charge in [0.1, 0.15) is 5.82 Å². The second-order valence-electron chi connectivity index (χ2n) is 9.88. The molecule has 0 aliphatic heterocycles. The third kappa shape index (κ3) is 8.10. The van der Waals surface area contributed by atoms with Crippen molar-refractivity contribution in [3.63, 3.8) is 0 Å². The predicted octanol–water partition coefficient (Wildman–Crippen LogP) is 7.70. The average molecular weight is 546 g/mol. The van der Waals surface area contributed by atoms with E-state index in [0.29, 0.717) is 18.7 Å². The molecule has 0 saturated carbocycles. The van der Waals surface area contributed by atoms with Gasteiger partial charge in [0, 0.05) is 55.1 Å². The molecule has 0 atom stereocenters. The molecule has 4 N–H and O–H groups in total. The van der Waals surface area contributed by atoms with Crippen molar-refractivity contribution in [2.24, 2.45) is 5.73 Å². The largest absolute Gasteiger partial charge is 0.399 e. The van der Waals surface area contributed by atoms with Crippen LogP contribution in [0.4, 0.5) is 10.1 Å². The maximum atomic E-state index is 13.4. The lowest BCUT2D eigenvalue weighted by atomic mass is 9.99.